The summed E-state index contributed by atoms with van der Waals surface area (Å²) < 4.78 is 10.7. The molecule has 1 aromatic heterocycles. The zero-order valence-electron chi connectivity index (χ0n) is 10.9. The molecule has 19 heavy (non-hydrogen) atoms. The highest BCUT2D eigenvalue weighted by Crippen LogP contribution is 2.23. The first-order valence-corrected chi connectivity index (χ1v) is 6.34. The Morgan fingerprint density at radius 2 is 2.37 bits per heavy atom. The second-order valence-electron chi connectivity index (χ2n) is 4.73. The lowest BCUT2D eigenvalue weighted by Crippen LogP contribution is -2.29. The summed E-state index contributed by atoms with van der Waals surface area (Å²) in [6, 6.07) is 8.40. The van der Waals surface area contributed by atoms with Gasteiger partial charge in [0.15, 0.2) is 0 Å². The fourth-order valence-corrected chi connectivity index (χ4v) is 2.43. The van der Waals surface area contributed by atoms with Crippen LogP contribution >= 0.6 is 0 Å². The van der Waals surface area contributed by atoms with Crippen molar-refractivity contribution in [2.24, 2.45) is 0 Å². The van der Waals surface area contributed by atoms with E-state index in [4.69, 9.17) is 14.9 Å². The number of hydrogen-bond donors (Lipinski definition) is 1. The number of ether oxygens (including phenoxy) is 1. The number of aromatic nitrogens is 1. The predicted octanol–water partition coefficient (Wildman–Crippen LogP) is 1.82. The van der Waals surface area contributed by atoms with E-state index in [-0.39, 0.29) is 6.01 Å². The molecule has 5 nitrogen and oxygen atoms in total. The average Bonchev–Trinajstić information content (AvgIpc) is 2.78. The standard InChI is InChI=1S/C14H17N3O2/c1-18-11-4-2-3-10(7-11)8-17-6-5-12-13(9-17)19-14(15)16-12/h2-4,7H,5-6,8-9H2,1H3,(H2,15,16). The van der Waals surface area contributed by atoms with Crippen molar-refractivity contribution in [3.05, 3.63) is 41.3 Å². The summed E-state index contributed by atoms with van der Waals surface area (Å²) in [6.45, 7) is 2.60. The zero-order valence-corrected chi connectivity index (χ0v) is 10.9. The van der Waals surface area contributed by atoms with Gasteiger partial charge >= 0.3 is 0 Å². The molecular weight excluding hydrogens is 242 g/mol. The molecule has 2 heterocycles. The van der Waals surface area contributed by atoms with Crippen LogP contribution in [0.5, 0.6) is 5.75 Å². The Balaban J connectivity index is 1.71. The molecule has 3 rings (SSSR count). The monoisotopic (exact) mass is 259 g/mol. The lowest BCUT2D eigenvalue weighted by molar-refractivity contribution is 0.221. The van der Waals surface area contributed by atoms with Crippen LogP contribution in [0.2, 0.25) is 0 Å². The van der Waals surface area contributed by atoms with Crippen molar-refractivity contribution in [2.45, 2.75) is 19.5 Å². The van der Waals surface area contributed by atoms with Gasteiger partial charge in [0.05, 0.1) is 19.3 Å². The van der Waals surface area contributed by atoms with Crippen LogP contribution in [0.1, 0.15) is 17.0 Å². The van der Waals surface area contributed by atoms with Crippen LogP contribution in [0.4, 0.5) is 6.01 Å². The van der Waals surface area contributed by atoms with Gasteiger partial charge in [-0.3, -0.25) is 4.90 Å². The minimum atomic E-state index is 0.272. The van der Waals surface area contributed by atoms with Crippen molar-refractivity contribution in [1.29, 1.82) is 0 Å². The molecular formula is C14H17N3O2. The molecule has 0 saturated carbocycles. The Hall–Kier alpha value is -2.01. The van der Waals surface area contributed by atoms with E-state index >= 15 is 0 Å². The molecule has 2 N–H and O–H groups in total. The van der Waals surface area contributed by atoms with Gasteiger partial charge in [-0.2, -0.15) is 4.98 Å². The Kier molecular flexibility index (Phi) is 3.13. The Morgan fingerprint density at radius 3 is 3.21 bits per heavy atom. The van der Waals surface area contributed by atoms with Crippen molar-refractivity contribution in [3.63, 3.8) is 0 Å². The molecule has 0 radical (unpaired) electrons. The van der Waals surface area contributed by atoms with Crippen LogP contribution in [-0.4, -0.2) is 23.5 Å². The third-order valence-corrected chi connectivity index (χ3v) is 3.37. The maximum atomic E-state index is 5.58. The fourth-order valence-electron chi connectivity index (χ4n) is 2.43. The summed E-state index contributed by atoms with van der Waals surface area (Å²) in [6.07, 6.45) is 0.889. The van der Waals surface area contributed by atoms with E-state index in [1.54, 1.807) is 7.11 Å². The van der Waals surface area contributed by atoms with Crippen molar-refractivity contribution in [1.82, 2.24) is 9.88 Å². The number of hydrogen-bond acceptors (Lipinski definition) is 5. The third kappa shape index (κ3) is 2.56. The summed E-state index contributed by atoms with van der Waals surface area (Å²) >= 11 is 0. The summed E-state index contributed by atoms with van der Waals surface area (Å²) in [5, 5.41) is 0. The van der Waals surface area contributed by atoms with Gasteiger partial charge in [0.1, 0.15) is 11.5 Å². The molecule has 0 amide bonds. The second kappa shape index (κ2) is 4.93. The van der Waals surface area contributed by atoms with E-state index in [9.17, 15) is 0 Å². The first-order chi connectivity index (χ1) is 9.24. The first kappa shape index (κ1) is 12.0. The molecule has 1 aliphatic rings. The van der Waals surface area contributed by atoms with E-state index in [0.29, 0.717) is 0 Å². The van der Waals surface area contributed by atoms with Crippen molar-refractivity contribution in [3.8, 4) is 5.75 Å². The molecule has 1 aliphatic heterocycles. The number of methoxy groups -OCH3 is 1. The molecule has 0 bridgehead atoms. The van der Waals surface area contributed by atoms with E-state index in [2.05, 4.69) is 22.0 Å². The minimum Gasteiger partial charge on any atom is -0.497 e. The number of nitrogens with two attached hydrogens (primary N) is 1. The lowest BCUT2D eigenvalue weighted by atomic mass is 10.1. The summed E-state index contributed by atoms with van der Waals surface area (Å²) in [7, 11) is 1.68. The molecule has 0 aliphatic carbocycles. The second-order valence-corrected chi connectivity index (χ2v) is 4.73. The molecule has 0 saturated heterocycles. The molecule has 5 heteroatoms. The quantitative estimate of drug-likeness (QED) is 0.911. The summed E-state index contributed by atoms with van der Waals surface area (Å²) in [5.41, 5.74) is 7.81. The average molecular weight is 259 g/mol. The summed E-state index contributed by atoms with van der Waals surface area (Å²) in [4.78, 5) is 6.51. The highest BCUT2D eigenvalue weighted by Gasteiger charge is 2.21. The largest absolute Gasteiger partial charge is 0.497 e. The van der Waals surface area contributed by atoms with Crippen molar-refractivity contribution < 1.29 is 9.15 Å². The predicted molar refractivity (Wildman–Crippen MR) is 71.7 cm³/mol. The number of anilines is 1. The molecule has 0 spiro atoms. The first-order valence-electron chi connectivity index (χ1n) is 6.34. The van der Waals surface area contributed by atoms with E-state index < -0.39 is 0 Å². The van der Waals surface area contributed by atoms with E-state index in [1.165, 1.54) is 5.56 Å². The van der Waals surface area contributed by atoms with Crippen LogP contribution in [-0.2, 0) is 19.5 Å². The molecule has 0 atom stereocenters. The van der Waals surface area contributed by atoms with Gasteiger partial charge in [0.2, 0.25) is 0 Å². The number of rotatable bonds is 3. The van der Waals surface area contributed by atoms with Gasteiger partial charge in [-0.1, -0.05) is 12.1 Å². The van der Waals surface area contributed by atoms with Gasteiger partial charge in [-0.25, -0.2) is 0 Å². The number of benzene rings is 1. The van der Waals surface area contributed by atoms with E-state index in [1.807, 2.05) is 12.1 Å². The molecule has 0 fully saturated rings. The highest BCUT2D eigenvalue weighted by atomic mass is 16.5. The Bertz CT molecular complexity index is 580. The minimum absolute atomic E-state index is 0.272. The lowest BCUT2D eigenvalue weighted by Gasteiger charge is -2.25. The van der Waals surface area contributed by atoms with Gasteiger partial charge in [0.25, 0.3) is 6.01 Å². The van der Waals surface area contributed by atoms with Crippen LogP contribution in [0.15, 0.2) is 28.7 Å². The summed E-state index contributed by atoms with van der Waals surface area (Å²) in [5.74, 6) is 1.78. The molecule has 100 valence electrons. The van der Waals surface area contributed by atoms with Crippen LogP contribution < -0.4 is 10.5 Å². The number of nitrogen functional groups attached to an aromatic ring is 1. The molecule has 1 aromatic carbocycles. The van der Waals surface area contributed by atoms with Crippen LogP contribution in [0, 0.1) is 0 Å². The smallest absolute Gasteiger partial charge is 0.292 e. The van der Waals surface area contributed by atoms with Crippen LogP contribution in [0.3, 0.4) is 0 Å². The number of nitrogens with zero attached hydrogens (tertiary/aromatic N) is 2. The van der Waals surface area contributed by atoms with Gasteiger partial charge in [-0.15, -0.1) is 0 Å². The van der Waals surface area contributed by atoms with Gasteiger partial charge < -0.3 is 14.9 Å². The van der Waals surface area contributed by atoms with Gasteiger partial charge in [-0.05, 0) is 17.7 Å². The normalized spacial score (nSPS) is 15.2. The Morgan fingerprint density at radius 1 is 1.47 bits per heavy atom. The fraction of sp³-hybridized carbons (Fsp3) is 0.357. The maximum Gasteiger partial charge on any atom is 0.292 e. The van der Waals surface area contributed by atoms with Crippen LogP contribution in [0.25, 0.3) is 0 Å². The highest BCUT2D eigenvalue weighted by molar-refractivity contribution is 5.29. The van der Waals surface area contributed by atoms with Crippen molar-refractivity contribution in [2.75, 3.05) is 19.4 Å². The van der Waals surface area contributed by atoms with Gasteiger partial charge in [0, 0.05) is 19.5 Å². The topological polar surface area (TPSA) is 64.5 Å². The maximum absolute atomic E-state index is 5.58. The zero-order chi connectivity index (χ0) is 13.2. The van der Waals surface area contributed by atoms with Crippen molar-refractivity contribution >= 4 is 6.01 Å². The third-order valence-electron chi connectivity index (χ3n) is 3.37. The SMILES string of the molecule is COc1cccc(CN2CCc3nc(N)oc3C2)c1. The number of oxazole rings is 1. The molecule has 2 aromatic rings. The van der Waals surface area contributed by atoms with E-state index in [0.717, 1.165) is 43.3 Å². The Labute approximate surface area is 112 Å². The number of fused-ring (bicyclic) bond motifs is 1. The molecule has 0 unspecified atom stereocenters.